The number of allylic oxidation sites excluding steroid dienone is 3. The number of rotatable bonds is 8. The van der Waals surface area contributed by atoms with Gasteiger partial charge in [-0.25, -0.2) is 0 Å². The summed E-state index contributed by atoms with van der Waals surface area (Å²) >= 11 is 8.75. The van der Waals surface area contributed by atoms with Gasteiger partial charge in [0, 0.05) is 17.9 Å². The van der Waals surface area contributed by atoms with E-state index in [0.717, 1.165) is 42.5 Å². The summed E-state index contributed by atoms with van der Waals surface area (Å²) in [5, 5.41) is 3.99. The molecule has 0 amide bonds. The largest absolute Gasteiger partial charge is 0.456 e. The molecule has 1 saturated heterocycles. The van der Waals surface area contributed by atoms with E-state index < -0.39 is 0 Å². The third-order valence-electron chi connectivity index (χ3n) is 5.25. The van der Waals surface area contributed by atoms with Gasteiger partial charge >= 0.3 is 0 Å². The number of benzene rings is 1. The third kappa shape index (κ3) is 4.70. The van der Waals surface area contributed by atoms with Crippen molar-refractivity contribution in [2.75, 3.05) is 17.5 Å². The number of carbonyl (C=O) groups is 1. The number of hydrogen-bond acceptors (Lipinski definition) is 3. The van der Waals surface area contributed by atoms with Crippen molar-refractivity contribution in [2.45, 2.75) is 32.1 Å². The zero-order valence-electron chi connectivity index (χ0n) is 14.8. The van der Waals surface area contributed by atoms with Crippen molar-refractivity contribution < 1.29 is 9.53 Å². The summed E-state index contributed by atoms with van der Waals surface area (Å²) in [5.41, 5.74) is -0.234. The van der Waals surface area contributed by atoms with E-state index in [2.05, 4.69) is 27.9 Å². The molecule has 3 rings (SSSR count). The summed E-state index contributed by atoms with van der Waals surface area (Å²) in [6, 6.07) is 9.57. The summed E-state index contributed by atoms with van der Waals surface area (Å²) in [5.74, 6) is 1.51. The second kappa shape index (κ2) is 9.38. The highest BCUT2D eigenvalue weighted by molar-refractivity contribution is 14.1. The van der Waals surface area contributed by atoms with E-state index in [9.17, 15) is 4.79 Å². The van der Waals surface area contributed by atoms with Crippen LogP contribution in [0, 0.1) is 11.3 Å². The van der Waals surface area contributed by atoms with E-state index in [0.29, 0.717) is 23.0 Å². The molecule has 1 aromatic rings. The molecule has 140 valence electrons. The maximum Gasteiger partial charge on any atom is 0.147 e. The van der Waals surface area contributed by atoms with Crippen molar-refractivity contribution in [2.24, 2.45) is 11.3 Å². The summed E-state index contributed by atoms with van der Waals surface area (Å²) in [4.78, 5) is 13.4. The Bertz CT molecular complexity index is 681. The molecule has 2 aliphatic rings. The molecule has 2 atom stereocenters. The van der Waals surface area contributed by atoms with Crippen LogP contribution < -0.4 is 10.1 Å². The van der Waals surface area contributed by atoms with Crippen LogP contribution in [-0.4, -0.2) is 23.3 Å². The number of ketones is 1. The molecule has 1 aliphatic heterocycles. The van der Waals surface area contributed by atoms with Crippen LogP contribution in [-0.2, 0) is 4.79 Å². The smallest absolute Gasteiger partial charge is 0.147 e. The predicted octanol–water partition coefficient (Wildman–Crippen LogP) is 5.25. The summed E-state index contributed by atoms with van der Waals surface area (Å²) in [6.45, 7) is 1.72. The second-order valence-corrected chi connectivity index (χ2v) is 8.54. The summed E-state index contributed by atoms with van der Waals surface area (Å²) < 4.78 is 7.08. The van der Waals surface area contributed by atoms with E-state index in [1.54, 1.807) is 0 Å². The number of para-hydroxylation sites is 1. The van der Waals surface area contributed by atoms with Gasteiger partial charge in [-0.05, 0) is 54.9 Å². The fraction of sp³-hybridized carbons (Fsp3) is 0.476. The highest BCUT2D eigenvalue weighted by Crippen LogP contribution is 2.39. The standard InChI is InChI=1S/C21H25ClINO2/c22-18-9-8-16(14-19(18)26-17-6-2-1-3-7-17)20(25)21(10-4-5-12-23)11-13-24-15-21/h1-3,6-7,9,14,16,24H,4-5,8,10-13,15H2. The van der Waals surface area contributed by atoms with Crippen LogP contribution >= 0.6 is 34.2 Å². The van der Waals surface area contributed by atoms with E-state index in [4.69, 9.17) is 16.3 Å². The molecule has 0 saturated carbocycles. The number of alkyl halides is 1. The number of hydrogen-bond donors (Lipinski definition) is 1. The number of Topliss-reactive ketones (excluding diaryl/α,β-unsaturated/α-hetero) is 1. The lowest BCUT2D eigenvalue weighted by Crippen LogP contribution is -2.38. The van der Waals surface area contributed by atoms with Crippen LogP contribution in [0.5, 0.6) is 5.75 Å². The van der Waals surface area contributed by atoms with Gasteiger partial charge in [0.1, 0.15) is 17.3 Å². The second-order valence-electron chi connectivity index (χ2n) is 7.06. The van der Waals surface area contributed by atoms with Crippen LogP contribution in [0.15, 0.2) is 53.3 Å². The molecule has 1 heterocycles. The minimum atomic E-state index is -0.234. The monoisotopic (exact) mass is 485 g/mol. The molecule has 0 radical (unpaired) electrons. The van der Waals surface area contributed by atoms with E-state index in [-0.39, 0.29) is 11.3 Å². The molecule has 1 aromatic carbocycles. The lowest BCUT2D eigenvalue weighted by Gasteiger charge is -2.31. The van der Waals surface area contributed by atoms with Gasteiger partial charge in [-0.2, -0.15) is 0 Å². The summed E-state index contributed by atoms with van der Waals surface area (Å²) in [6.07, 6.45) is 8.69. The van der Waals surface area contributed by atoms with Crippen molar-refractivity contribution in [1.29, 1.82) is 0 Å². The third-order valence-corrected chi connectivity index (χ3v) is 6.36. The fourth-order valence-corrected chi connectivity index (χ4v) is 4.51. The maximum absolute atomic E-state index is 13.4. The minimum absolute atomic E-state index is 0.157. The Morgan fingerprint density at radius 2 is 2.12 bits per heavy atom. The van der Waals surface area contributed by atoms with Crippen LogP contribution in [0.1, 0.15) is 32.1 Å². The van der Waals surface area contributed by atoms with Crippen molar-refractivity contribution >= 4 is 40.0 Å². The molecule has 2 unspecified atom stereocenters. The van der Waals surface area contributed by atoms with Gasteiger partial charge in [0.2, 0.25) is 0 Å². The van der Waals surface area contributed by atoms with Crippen LogP contribution in [0.4, 0.5) is 0 Å². The Hall–Kier alpha value is -0.850. The normalized spacial score (nSPS) is 25.5. The fourth-order valence-electron chi connectivity index (χ4n) is 3.78. The van der Waals surface area contributed by atoms with Gasteiger partial charge < -0.3 is 10.1 Å². The average Bonchev–Trinajstić information content (AvgIpc) is 3.14. The van der Waals surface area contributed by atoms with Crippen LogP contribution in [0.25, 0.3) is 0 Å². The van der Waals surface area contributed by atoms with Crippen molar-refractivity contribution in [3.8, 4) is 5.75 Å². The average molecular weight is 486 g/mol. The molecule has 0 bridgehead atoms. The molecule has 5 heteroatoms. The molecular weight excluding hydrogens is 461 g/mol. The maximum atomic E-state index is 13.4. The van der Waals surface area contributed by atoms with E-state index in [1.165, 1.54) is 6.42 Å². The Balaban J connectivity index is 1.75. The molecule has 1 fully saturated rings. The number of ether oxygens (including phenoxy) is 1. The summed E-state index contributed by atoms with van der Waals surface area (Å²) in [7, 11) is 0. The topological polar surface area (TPSA) is 38.3 Å². The van der Waals surface area contributed by atoms with Gasteiger partial charge in [-0.3, -0.25) is 4.79 Å². The van der Waals surface area contributed by atoms with Gasteiger partial charge in [0.25, 0.3) is 0 Å². The molecule has 3 nitrogen and oxygen atoms in total. The van der Waals surface area contributed by atoms with Gasteiger partial charge in [0.15, 0.2) is 0 Å². The molecular formula is C21H25ClINO2. The van der Waals surface area contributed by atoms with E-state index in [1.807, 2.05) is 42.5 Å². The van der Waals surface area contributed by atoms with Gasteiger partial charge in [-0.1, -0.05) is 64.9 Å². The SMILES string of the molecule is O=C(C1C=C(Oc2ccccc2)C(Cl)=CC1)C1(CCCCI)CCNC1. The first-order chi connectivity index (χ1) is 12.6. The number of nitrogens with one attached hydrogen (secondary N) is 1. The van der Waals surface area contributed by atoms with Gasteiger partial charge in [-0.15, -0.1) is 0 Å². The lowest BCUT2D eigenvalue weighted by molar-refractivity contribution is -0.131. The Labute approximate surface area is 174 Å². The minimum Gasteiger partial charge on any atom is -0.456 e. The van der Waals surface area contributed by atoms with E-state index >= 15 is 0 Å². The zero-order chi connectivity index (χ0) is 18.4. The molecule has 0 aromatic heterocycles. The first-order valence-corrected chi connectivity index (χ1v) is 11.2. The Morgan fingerprint density at radius 3 is 2.81 bits per heavy atom. The van der Waals surface area contributed by atoms with Crippen molar-refractivity contribution in [3.63, 3.8) is 0 Å². The number of unbranched alkanes of at least 4 members (excludes halogenated alkanes) is 1. The van der Waals surface area contributed by atoms with Crippen LogP contribution in [0.2, 0.25) is 0 Å². The Morgan fingerprint density at radius 1 is 1.31 bits per heavy atom. The van der Waals surface area contributed by atoms with Crippen molar-refractivity contribution in [1.82, 2.24) is 5.32 Å². The number of carbonyl (C=O) groups excluding carboxylic acids is 1. The first kappa shape index (κ1) is 19.9. The highest BCUT2D eigenvalue weighted by atomic mass is 127. The quantitative estimate of drug-likeness (QED) is 0.311. The predicted molar refractivity (Wildman–Crippen MR) is 115 cm³/mol. The molecule has 1 aliphatic carbocycles. The first-order valence-electron chi connectivity index (χ1n) is 9.26. The lowest BCUT2D eigenvalue weighted by atomic mass is 9.72. The number of halogens is 2. The van der Waals surface area contributed by atoms with Crippen molar-refractivity contribution in [3.05, 3.63) is 53.3 Å². The molecule has 0 spiro atoms. The molecule has 1 N–H and O–H groups in total. The Kier molecular flexibility index (Phi) is 7.18. The van der Waals surface area contributed by atoms with Crippen LogP contribution in [0.3, 0.4) is 0 Å². The molecule has 26 heavy (non-hydrogen) atoms. The highest BCUT2D eigenvalue weighted by Gasteiger charge is 2.43. The van der Waals surface area contributed by atoms with Gasteiger partial charge in [0.05, 0.1) is 5.03 Å². The zero-order valence-corrected chi connectivity index (χ0v) is 17.8.